The lowest BCUT2D eigenvalue weighted by Crippen LogP contribution is -3.11. The van der Waals surface area contributed by atoms with E-state index in [1.165, 1.54) is 0 Å². The molecule has 3 N–H and O–H groups in total. The van der Waals surface area contributed by atoms with Gasteiger partial charge in [-0.3, -0.25) is 4.79 Å². The fraction of sp³-hybridized carbons (Fsp3) is 0.636. The first-order chi connectivity index (χ1) is 14.0. The van der Waals surface area contributed by atoms with Gasteiger partial charge in [0, 0.05) is 24.7 Å². The first-order valence-electron chi connectivity index (χ1n) is 10.9. The second kappa shape index (κ2) is 11.7. The largest absolute Gasteiger partial charge is 0.494 e. The Morgan fingerprint density at radius 1 is 1.24 bits per heavy atom. The van der Waals surface area contributed by atoms with Gasteiger partial charge in [-0.25, -0.2) is 4.79 Å². The number of benzene rings is 1. The summed E-state index contributed by atoms with van der Waals surface area (Å²) in [6, 6.07) is 7.23. The van der Waals surface area contributed by atoms with Crippen molar-refractivity contribution in [3.05, 3.63) is 24.3 Å². The molecule has 0 bridgehead atoms. The lowest BCUT2D eigenvalue weighted by Gasteiger charge is -2.20. The summed E-state index contributed by atoms with van der Waals surface area (Å²) < 4.78 is 5.44. The number of quaternary nitrogens is 1. The smallest absolute Gasteiger partial charge is 0.315 e. The number of anilines is 1. The first-order valence-corrected chi connectivity index (χ1v) is 10.9. The van der Waals surface area contributed by atoms with E-state index < -0.39 is 0 Å². The molecule has 0 aliphatic carbocycles. The normalized spacial score (nSPS) is 17.5. The van der Waals surface area contributed by atoms with Gasteiger partial charge in [-0.2, -0.15) is 0 Å². The Morgan fingerprint density at radius 3 is 2.55 bits per heavy atom. The second-order valence-electron chi connectivity index (χ2n) is 7.70. The Hall–Kier alpha value is -2.28. The fourth-order valence-corrected chi connectivity index (χ4v) is 3.73. The Kier molecular flexibility index (Phi) is 9.25. The molecule has 2 rings (SSSR count). The molecule has 1 saturated heterocycles. The van der Waals surface area contributed by atoms with E-state index in [2.05, 4.69) is 24.5 Å². The lowest BCUT2D eigenvalue weighted by molar-refractivity contribution is -0.896. The molecule has 7 heteroatoms. The number of ether oxygens (including phenoxy) is 1. The van der Waals surface area contributed by atoms with Crippen LogP contribution in [0.4, 0.5) is 10.5 Å². The van der Waals surface area contributed by atoms with Crippen molar-refractivity contribution in [2.24, 2.45) is 0 Å². The van der Waals surface area contributed by atoms with Crippen molar-refractivity contribution in [1.29, 1.82) is 0 Å². The molecule has 0 aromatic heterocycles. The topological polar surface area (TPSA) is 75.1 Å². The molecule has 162 valence electrons. The molecular formula is C22H37N4O3+. The van der Waals surface area contributed by atoms with Gasteiger partial charge in [0.1, 0.15) is 5.75 Å². The van der Waals surface area contributed by atoms with Gasteiger partial charge in [0.05, 0.1) is 32.3 Å². The Balaban J connectivity index is 1.76. The summed E-state index contributed by atoms with van der Waals surface area (Å²) in [7, 11) is 0. The molecule has 1 aliphatic rings. The predicted molar refractivity (Wildman–Crippen MR) is 116 cm³/mol. The van der Waals surface area contributed by atoms with Gasteiger partial charge in [-0.15, -0.1) is 0 Å². The van der Waals surface area contributed by atoms with Gasteiger partial charge in [0.15, 0.2) is 0 Å². The summed E-state index contributed by atoms with van der Waals surface area (Å²) in [4.78, 5) is 28.0. The van der Waals surface area contributed by atoms with E-state index in [1.54, 1.807) is 9.80 Å². The van der Waals surface area contributed by atoms with E-state index in [4.69, 9.17) is 4.74 Å². The molecule has 1 aliphatic heterocycles. The zero-order valence-electron chi connectivity index (χ0n) is 18.3. The highest BCUT2D eigenvalue weighted by atomic mass is 16.5. The van der Waals surface area contributed by atoms with Crippen molar-refractivity contribution in [3.8, 4) is 5.75 Å². The number of nitrogens with zero attached hydrogens (tertiary/aromatic N) is 1. The number of carbonyl (C=O) groups excluding carboxylic acids is 2. The number of rotatable bonds is 11. The summed E-state index contributed by atoms with van der Waals surface area (Å²) >= 11 is 0. The monoisotopic (exact) mass is 405 g/mol. The van der Waals surface area contributed by atoms with Crippen LogP contribution in [0.25, 0.3) is 0 Å². The number of nitrogens with one attached hydrogen (secondary N) is 3. The summed E-state index contributed by atoms with van der Waals surface area (Å²) in [5.74, 6) is 0.809. The highest BCUT2D eigenvalue weighted by Gasteiger charge is 2.31. The van der Waals surface area contributed by atoms with E-state index in [9.17, 15) is 9.59 Å². The van der Waals surface area contributed by atoms with Crippen LogP contribution in [0, 0.1) is 0 Å². The van der Waals surface area contributed by atoms with E-state index in [0.717, 1.165) is 43.9 Å². The maximum atomic E-state index is 12.4. The summed E-state index contributed by atoms with van der Waals surface area (Å²) in [5, 5.41) is 5.95. The fourth-order valence-electron chi connectivity index (χ4n) is 3.73. The van der Waals surface area contributed by atoms with Crippen LogP contribution in [0.5, 0.6) is 5.75 Å². The van der Waals surface area contributed by atoms with Gasteiger partial charge < -0.3 is 25.2 Å². The molecule has 29 heavy (non-hydrogen) atoms. The first kappa shape index (κ1) is 23.0. The average molecular weight is 406 g/mol. The van der Waals surface area contributed by atoms with E-state index in [1.807, 2.05) is 38.1 Å². The predicted octanol–water partition coefficient (Wildman–Crippen LogP) is 1.58. The molecule has 1 heterocycles. The quantitative estimate of drug-likeness (QED) is 0.523. The molecule has 7 nitrogen and oxygen atoms in total. The van der Waals surface area contributed by atoms with Crippen LogP contribution in [0.15, 0.2) is 24.3 Å². The van der Waals surface area contributed by atoms with Crippen LogP contribution in [-0.4, -0.2) is 56.8 Å². The summed E-state index contributed by atoms with van der Waals surface area (Å²) in [6.07, 6.45) is 2.37. The molecule has 1 fully saturated rings. The van der Waals surface area contributed by atoms with Crippen molar-refractivity contribution < 1.29 is 19.2 Å². The maximum absolute atomic E-state index is 12.4. The number of amides is 3. The maximum Gasteiger partial charge on any atom is 0.315 e. The Labute approximate surface area is 174 Å². The van der Waals surface area contributed by atoms with Crippen molar-refractivity contribution in [2.45, 2.75) is 59.0 Å². The Morgan fingerprint density at radius 2 is 1.93 bits per heavy atom. The molecule has 1 aromatic rings. The molecule has 0 spiro atoms. The van der Waals surface area contributed by atoms with E-state index in [-0.39, 0.29) is 24.0 Å². The number of carbonyl (C=O) groups is 2. The molecule has 0 radical (unpaired) electrons. The van der Waals surface area contributed by atoms with Crippen molar-refractivity contribution in [3.63, 3.8) is 0 Å². The number of urea groups is 1. The van der Waals surface area contributed by atoms with Gasteiger partial charge in [-0.05, 0) is 64.8 Å². The van der Waals surface area contributed by atoms with Gasteiger partial charge >= 0.3 is 6.03 Å². The molecule has 2 atom stereocenters. The van der Waals surface area contributed by atoms with Gasteiger partial charge in [0.25, 0.3) is 0 Å². The number of hydrogen-bond acceptors (Lipinski definition) is 3. The zero-order valence-corrected chi connectivity index (χ0v) is 18.3. The average Bonchev–Trinajstić information content (AvgIpc) is 3.06. The van der Waals surface area contributed by atoms with Crippen LogP contribution in [0.3, 0.4) is 0 Å². The minimum Gasteiger partial charge on any atom is -0.494 e. The van der Waals surface area contributed by atoms with Crippen LogP contribution in [-0.2, 0) is 4.79 Å². The molecule has 0 saturated carbocycles. The standard InChI is InChI=1S/C22H36N4O3/c1-5-25(6-2)14-8-9-17(4)23-22(28)24-18-15-21(27)26(16-18)19-10-12-20(13-11-19)29-7-3/h10-13,17-18H,5-9,14-16H2,1-4H3,(H2,23,24,28)/p+1/t17-,18+/m0/s1. The van der Waals surface area contributed by atoms with Crippen LogP contribution in [0.2, 0.25) is 0 Å². The van der Waals surface area contributed by atoms with Crippen molar-refractivity contribution in [1.82, 2.24) is 10.6 Å². The molecular weight excluding hydrogens is 368 g/mol. The van der Waals surface area contributed by atoms with Gasteiger partial charge in [0.2, 0.25) is 5.91 Å². The Bertz CT molecular complexity index is 646. The minimum absolute atomic E-state index is 0.0229. The minimum atomic E-state index is -0.195. The summed E-state index contributed by atoms with van der Waals surface area (Å²) in [6.45, 7) is 12.9. The SMILES string of the molecule is CCOc1ccc(N2C[C@H](NC(=O)N[C@@H](C)CCC[NH+](CC)CC)CC2=O)cc1. The van der Waals surface area contributed by atoms with E-state index in [0.29, 0.717) is 19.6 Å². The lowest BCUT2D eigenvalue weighted by atomic mass is 10.2. The van der Waals surface area contributed by atoms with Crippen LogP contribution >= 0.6 is 0 Å². The third kappa shape index (κ3) is 7.24. The van der Waals surface area contributed by atoms with Crippen molar-refractivity contribution >= 4 is 17.6 Å². The molecule has 3 amide bonds. The third-order valence-electron chi connectivity index (χ3n) is 5.46. The third-order valence-corrected chi connectivity index (χ3v) is 5.46. The van der Waals surface area contributed by atoms with Crippen LogP contribution in [0.1, 0.15) is 47.0 Å². The zero-order chi connectivity index (χ0) is 21.2. The van der Waals surface area contributed by atoms with Crippen LogP contribution < -0.4 is 25.2 Å². The van der Waals surface area contributed by atoms with Gasteiger partial charge in [-0.1, -0.05) is 0 Å². The molecule has 0 unspecified atom stereocenters. The van der Waals surface area contributed by atoms with Crippen molar-refractivity contribution in [2.75, 3.05) is 37.7 Å². The highest BCUT2D eigenvalue weighted by molar-refractivity contribution is 5.96. The summed E-state index contributed by atoms with van der Waals surface area (Å²) in [5.41, 5.74) is 0.829. The molecule has 1 aromatic carbocycles. The van der Waals surface area contributed by atoms with E-state index >= 15 is 0 Å². The highest BCUT2D eigenvalue weighted by Crippen LogP contribution is 2.24. The number of hydrogen-bond donors (Lipinski definition) is 3. The second-order valence-corrected chi connectivity index (χ2v) is 7.70.